The third kappa shape index (κ3) is 5.01. The molecule has 3 amide bonds. The van der Waals surface area contributed by atoms with Gasteiger partial charge in [0.25, 0.3) is 5.91 Å². The van der Waals surface area contributed by atoms with Gasteiger partial charge < -0.3 is 19.7 Å². The molecule has 1 N–H and O–H groups in total. The molecule has 0 unspecified atom stereocenters. The van der Waals surface area contributed by atoms with E-state index in [9.17, 15) is 14.4 Å². The van der Waals surface area contributed by atoms with Crippen LogP contribution in [0.5, 0.6) is 0 Å². The predicted octanol–water partition coefficient (Wildman–Crippen LogP) is 3.19. The van der Waals surface area contributed by atoms with E-state index >= 15 is 0 Å². The van der Waals surface area contributed by atoms with Crippen LogP contribution in [0, 0.1) is 0 Å². The Bertz CT molecular complexity index is 1220. The van der Waals surface area contributed by atoms with Gasteiger partial charge in [0.1, 0.15) is 6.54 Å². The van der Waals surface area contributed by atoms with Gasteiger partial charge in [-0.15, -0.1) is 0 Å². The van der Waals surface area contributed by atoms with Gasteiger partial charge in [0, 0.05) is 48.3 Å². The Kier molecular flexibility index (Phi) is 6.65. The first-order valence-corrected chi connectivity index (χ1v) is 11.4. The van der Waals surface area contributed by atoms with Crippen LogP contribution in [0.3, 0.4) is 0 Å². The molecule has 2 aromatic carbocycles. The number of fused-ring (bicyclic) bond motifs is 1. The molecule has 33 heavy (non-hydrogen) atoms. The number of rotatable bonds is 7. The number of carbonyl (C=O) groups excluding carboxylic acids is 3. The van der Waals surface area contributed by atoms with Gasteiger partial charge in [-0.1, -0.05) is 52.8 Å². The largest absolute Gasteiger partial charge is 0.348 e. The Morgan fingerprint density at radius 2 is 1.91 bits per heavy atom. The summed E-state index contributed by atoms with van der Waals surface area (Å²) in [5.41, 5.74) is 2.40. The summed E-state index contributed by atoms with van der Waals surface area (Å²) >= 11 is 3.49. The Morgan fingerprint density at radius 1 is 1.18 bits per heavy atom. The van der Waals surface area contributed by atoms with Crippen molar-refractivity contribution in [2.75, 3.05) is 20.1 Å². The lowest BCUT2D eigenvalue weighted by Crippen LogP contribution is -2.61. The summed E-state index contributed by atoms with van der Waals surface area (Å²) < 4.78 is 2.66. The number of amides is 3. The topological polar surface area (TPSA) is 74.6 Å². The average Bonchev–Trinajstić information content (AvgIpc) is 3.12. The van der Waals surface area contributed by atoms with E-state index in [1.165, 1.54) is 6.08 Å². The highest BCUT2D eigenvalue weighted by Crippen LogP contribution is 2.26. The summed E-state index contributed by atoms with van der Waals surface area (Å²) in [6.07, 6.45) is 3.02. The van der Waals surface area contributed by atoms with Crippen LogP contribution in [-0.2, 0) is 22.7 Å². The van der Waals surface area contributed by atoms with Crippen molar-refractivity contribution in [2.24, 2.45) is 0 Å². The predicted molar refractivity (Wildman–Crippen MR) is 131 cm³/mol. The molecule has 8 heteroatoms. The van der Waals surface area contributed by atoms with Crippen LogP contribution >= 0.6 is 15.9 Å². The van der Waals surface area contributed by atoms with Crippen molar-refractivity contribution in [3.8, 4) is 0 Å². The molecular weight excluding hydrogens is 484 g/mol. The summed E-state index contributed by atoms with van der Waals surface area (Å²) in [5.74, 6) is -0.411. The van der Waals surface area contributed by atoms with E-state index in [4.69, 9.17) is 0 Å². The van der Waals surface area contributed by atoms with Crippen molar-refractivity contribution >= 4 is 44.6 Å². The van der Waals surface area contributed by atoms with Crippen LogP contribution in [0.4, 0.5) is 0 Å². The molecule has 1 saturated heterocycles. The summed E-state index contributed by atoms with van der Waals surface area (Å²) in [6, 6.07) is 15.4. The standard InChI is InChI=1S/C25H25BrN4O3/c1-3-24(32)30-13-19(14-30)27-23(31)16-29-15-21(20-11-18(26)9-10-22(20)29)25(33)28(2)12-17-7-5-4-6-8-17/h3-11,15,19H,1,12-14,16H2,2H3,(H,27,31). The minimum absolute atomic E-state index is 0.0736. The number of aromatic nitrogens is 1. The lowest BCUT2D eigenvalue weighted by atomic mass is 10.1. The molecule has 2 heterocycles. The van der Waals surface area contributed by atoms with Crippen LogP contribution in [0.15, 0.2) is 71.9 Å². The first-order chi connectivity index (χ1) is 15.9. The Morgan fingerprint density at radius 3 is 2.61 bits per heavy atom. The van der Waals surface area contributed by atoms with E-state index in [1.54, 1.807) is 27.6 Å². The highest BCUT2D eigenvalue weighted by Gasteiger charge is 2.30. The zero-order chi connectivity index (χ0) is 23.5. The average molecular weight is 509 g/mol. The van der Waals surface area contributed by atoms with Crippen molar-refractivity contribution in [1.29, 1.82) is 0 Å². The first-order valence-electron chi connectivity index (χ1n) is 10.6. The van der Waals surface area contributed by atoms with Gasteiger partial charge in [0.05, 0.1) is 11.6 Å². The second-order valence-corrected chi connectivity index (χ2v) is 9.11. The van der Waals surface area contributed by atoms with E-state index in [0.29, 0.717) is 25.2 Å². The monoisotopic (exact) mass is 508 g/mol. The van der Waals surface area contributed by atoms with E-state index in [1.807, 2.05) is 48.5 Å². The maximum absolute atomic E-state index is 13.3. The van der Waals surface area contributed by atoms with Crippen LogP contribution in [-0.4, -0.2) is 58.3 Å². The van der Waals surface area contributed by atoms with Crippen molar-refractivity contribution in [2.45, 2.75) is 19.1 Å². The third-order valence-corrected chi connectivity index (χ3v) is 6.22. The number of nitrogens with zero attached hydrogens (tertiary/aromatic N) is 3. The SMILES string of the molecule is C=CC(=O)N1CC(NC(=O)Cn2cc(C(=O)N(C)Cc3ccccc3)c3cc(Br)ccc32)C1. The minimum atomic E-state index is -0.165. The second kappa shape index (κ2) is 9.62. The normalized spacial score (nSPS) is 13.5. The highest BCUT2D eigenvalue weighted by molar-refractivity contribution is 9.10. The Hall–Kier alpha value is -3.39. The molecule has 1 aliphatic heterocycles. The molecule has 0 spiro atoms. The molecule has 1 aliphatic rings. The molecule has 0 radical (unpaired) electrons. The van der Waals surface area contributed by atoms with Crippen LogP contribution in [0.2, 0.25) is 0 Å². The molecule has 170 valence electrons. The van der Waals surface area contributed by atoms with Crippen LogP contribution in [0.25, 0.3) is 10.9 Å². The molecule has 0 aliphatic carbocycles. The number of carbonyl (C=O) groups is 3. The first kappa shape index (κ1) is 22.8. The maximum atomic E-state index is 13.3. The van der Waals surface area contributed by atoms with E-state index in [-0.39, 0.29) is 30.3 Å². The zero-order valence-electron chi connectivity index (χ0n) is 18.3. The van der Waals surface area contributed by atoms with Gasteiger partial charge >= 0.3 is 0 Å². The fourth-order valence-electron chi connectivity index (χ4n) is 4.01. The fourth-order valence-corrected chi connectivity index (χ4v) is 4.37. The Balaban J connectivity index is 1.50. The number of halogens is 1. The van der Waals surface area contributed by atoms with Gasteiger partial charge in [0.15, 0.2) is 0 Å². The number of hydrogen-bond donors (Lipinski definition) is 1. The number of benzene rings is 2. The van der Waals surface area contributed by atoms with Gasteiger partial charge in [-0.05, 0) is 29.8 Å². The van der Waals surface area contributed by atoms with E-state index < -0.39 is 0 Å². The molecule has 3 aromatic rings. The fraction of sp³-hybridized carbons (Fsp3) is 0.240. The molecule has 1 fully saturated rings. The van der Waals surface area contributed by atoms with Crippen molar-refractivity contribution in [1.82, 2.24) is 19.7 Å². The Labute approximate surface area is 200 Å². The smallest absolute Gasteiger partial charge is 0.256 e. The molecule has 4 rings (SSSR count). The van der Waals surface area contributed by atoms with Gasteiger partial charge in [-0.25, -0.2) is 0 Å². The van der Waals surface area contributed by atoms with E-state index in [0.717, 1.165) is 20.9 Å². The van der Waals surface area contributed by atoms with E-state index in [2.05, 4.69) is 27.8 Å². The van der Waals surface area contributed by atoms with Crippen LogP contribution in [0.1, 0.15) is 15.9 Å². The third-order valence-electron chi connectivity index (χ3n) is 5.73. The number of hydrogen-bond acceptors (Lipinski definition) is 3. The summed E-state index contributed by atoms with van der Waals surface area (Å²) in [4.78, 5) is 40.8. The highest BCUT2D eigenvalue weighted by atomic mass is 79.9. The molecule has 0 bridgehead atoms. The van der Waals surface area contributed by atoms with Crippen molar-refractivity contribution in [3.05, 3.63) is 83.0 Å². The van der Waals surface area contributed by atoms with Crippen molar-refractivity contribution in [3.63, 3.8) is 0 Å². The molecular formula is C25H25BrN4O3. The zero-order valence-corrected chi connectivity index (χ0v) is 19.9. The van der Waals surface area contributed by atoms with Gasteiger partial charge in [0.2, 0.25) is 11.8 Å². The lowest BCUT2D eigenvalue weighted by Gasteiger charge is -2.38. The lowest BCUT2D eigenvalue weighted by molar-refractivity contribution is -0.133. The molecule has 0 saturated carbocycles. The molecule has 1 aromatic heterocycles. The second-order valence-electron chi connectivity index (χ2n) is 8.19. The summed E-state index contributed by atoms with van der Waals surface area (Å²) in [7, 11) is 1.77. The number of nitrogens with one attached hydrogen (secondary N) is 1. The number of likely N-dealkylation sites (tertiary alicyclic amines) is 1. The van der Waals surface area contributed by atoms with Gasteiger partial charge in [-0.3, -0.25) is 14.4 Å². The van der Waals surface area contributed by atoms with Gasteiger partial charge in [-0.2, -0.15) is 0 Å². The summed E-state index contributed by atoms with van der Waals surface area (Å²) in [6.45, 7) is 5.00. The molecule has 0 atom stereocenters. The quantitative estimate of drug-likeness (QED) is 0.498. The van der Waals surface area contributed by atoms with Crippen LogP contribution < -0.4 is 5.32 Å². The minimum Gasteiger partial charge on any atom is -0.348 e. The summed E-state index contributed by atoms with van der Waals surface area (Å²) in [5, 5.41) is 3.74. The maximum Gasteiger partial charge on any atom is 0.256 e. The molecule has 7 nitrogen and oxygen atoms in total. The van der Waals surface area contributed by atoms with Crippen molar-refractivity contribution < 1.29 is 14.4 Å².